The van der Waals surface area contributed by atoms with E-state index in [1.165, 1.54) is 0 Å². The van der Waals surface area contributed by atoms with Gasteiger partial charge in [-0.25, -0.2) is 0 Å². The molecular weight excluding hydrogens is 264 g/mol. The molecule has 0 atom stereocenters. The summed E-state index contributed by atoms with van der Waals surface area (Å²) in [6.07, 6.45) is 2.71. The van der Waals surface area contributed by atoms with E-state index in [1.54, 1.807) is 7.11 Å². The zero-order valence-electron chi connectivity index (χ0n) is 13.1. The third-order valence-electron chi connectivity index (χ3n) is 4.16. The number of amides is 1. The molecule has 0 aromatic heterocycles. The minimum Gasteiger partial charge on any atom is -0.497 e. The number of benzene rings is 1. The molecule has 1 amide bonds. The van der Waals surface area contributed by atoms with Crippen LogP contribution in [-0.2, 0) is 11.2 Å². The highest BCUT2D eigenvalue weighted by molar-refractivity contribution is 5.78. The van der Waals surface area contributed by atoms with Crippen molar-refractivity contribution in [3.63, 3.8) is 0 Å². The molecule has 0 unspecified atom stereocenters. The van der Waals surface area contributed by atoms with Crippen LogP contribution in [0.3, 0.4) is 0 Å². The van der Waals surface area contributed by atoms with E-state index in [0.29, 0.717) is 6.42 Å². The van der Waals surface area contributed by atoms with Gasteiger partial charge in [-0.15, -0.1) is 0 Å². The molecule has 1 N–H and O–H groups in total. The van der Waals surface area contributed by atoms with Crippen LogP contribution in [-0.4, -0.2) is 44.1 Å². The lowest BCUT2D eigenvalue weighted by Gasteiger charge is -2.32. The topological polar surface area (TPSA) is 41.6 Å². The van der Waals surface area contributed by atoms with Crippen molar-refractivity contribution in [2.45, 2.75) is 26.2 Å². The zero-order chi connectivity index (χ0) is 15.1. The van der Waals surface area contributed by atoms with Crippen molar-refractivity contribution >= 4 is 5.91 Å². The lowest BCUT2D eigenvalue weighted by Crippen LogP contribution is -2.41. The highest BCUT2D eigenvalue weighted by Crippen LogP contribution is 2.18. The minimum absolute atomic E-state index is 0.238. The molecule has 21 heavy (non-hydrogen) atoms. The van der Waals surface area contributed by atoms with Crippen LogP contribution < -0.4 is 10.1 Å². The van der Waals surface area contributed by atoms with Gasteiger partial charge >= 0.3 is 0 Å². The van der Waals surface area contributed by atoms with Crippen molar-refractivity contribution in [2.75, 3.05) is 33.3 Å². The van der Waals surface area contributed by atoms with Crippen LogP contribution in [0.25, 0.3) is 0 Å². The van der Waals surface area contributed by atoms with E-state index in [4.69, 9.17) is 4.74 Å². The molecule has 116 valence electrons. The van der Waals surface area contributed by atoms with E-state index in [2.05, 4.69) is 12.2 Å². The first-order valence-electron chi connectivity index (χ1n) is 7.84. The quantitative estimate of drug-likeness (QED) is 0.872. The summed E-state index contributed by atoms with van der Waals surface area (Å²) in [4.78, 5) is 14.3. The first kappa shape index (κ1) is 15.8. The summed E-state index contributed by atoms with van der Waals surface area (Å²) >= 11 is 0. The Hall–Kier alpha value is -1.55. The molecule has 1 aliphatic rings. The molecule has 0 bridgehead atoms. The molecule has 2 rings (SSSR count). The fourth-order valence-electron chi connectivity index (χ4n) is 2.76. The molecule has 1 heterocycles. The van der Waals surface area contributed by atoms with E-state index in [1.807, 2.05) is 29.2 Å². The van der Waals surface area contributed by atoms with E-state index in [0.717, 1.165) is 56.3 Å². The summed E-state index contributed by atoms with van der Waals surface area (Å²) in [5.41, 5.74) is 1.05. The van der Waals surface area contributed by atoms with Crippen LogP contribution >= 0.6 is 0 Å². The maximum atomic E-state index is 12.3. The smallest absolute Gasteiger partial charge is 0.226 e. The Morgan fingerprint density at radius 3 is 2.52 bits per heavy atom. The fraction of sp³-hybridized carbons (Fsp3) is 0.588. The van der Waals surface area contributed by atoms with Crippen molar-refractivity contribution in [1.82, 2.24) is 10.2 Å². The normalized spacial score (nSPS) is 16.0. The number of hydrogen-bond donors (Lipinski definition) is 1. The third kappa shape index (κ3) is 4.74. The van der Waals surface area contributed by atoms with Gasteiger partial charge in [0.25, 0.3) is 0 Å². The Bertz CT molecular complexity index is 437. The predicted molar refractivity (Wildman–Crippen MR) is 84.5 cm³/mol. The predicted octanol–water partition coefficient (Wildman–Crippen LogP) is 2.09. The number of nitrogens with one attached hydrogen (secondary N) is 1. The Balaban J connectivity index is 1.78. The Labute approximate surface area is 127 Å². The summed E-state index contributed by atoms with van der Waals surface area (Å²) < 4.78 is 5.13. The lowest BCUT2D eigenvalue weighted by molar-refractivity contribution is -0.131. The van der Waals surface area contributed by atoms with Gasteiger partial charge < -0.3 is 15.0 Å². The average Bonchev–Trinajstić information content (AvgIpc) is 2.54. The third-order valence-corrected chi connectivity index (χ3v) is 4.16. The summed E-state index contributed by atoms with van der Waals surface area (Å²) in [6.45, 7) is 6.03. The van der Waals surface area contributed by atoms with E-state index < -0.39 is 0 Å². The second-order valence-corrected chi connectivity index (χ2v) is 5.66. The summed E-state index contributed by atoms with van der Waals surface area (Å²) in [6, 6.07) is 7.75. The number of piperidine rings is 1. The van der Waals surface area contributed by atoms with Crippen LogP contribution in [0.15, 0.2) is 24.3 Å². The first-order chi connectivity index (χ1) is 10.2. The van der Waals surface area contributed by atoms with E-state index in [-0.39, 0.29) is 5.91 Å². The number of rotatable bonds is 6. The van der Waals surface area contributed by atoms with E-state index in [9.17, 15) is 4.79 Å². The maximum Gasteiger partial charge on any atom is 0.226 e. The van der Waals surface area contributed by atoms with Crippen molar-refractivity contribution in [3.05, 3.63) is 29.8 Å². The Morgan fingerprint density at radius 1 is 1.29 bits per heavy atom. The van der Waals surface area contributed by atoms with Gasteiger partial charge in [0.2, 0.25) is 5.91 Å². The van der Waals surface area contributed by atoms with Crippen molar-refractivity contribution in [1.29, 1.82) is 0 Å². The molecule has 1 fully saturated rings. The zero-order valence-corrected chi connectivity index (χ0v) is 13.1. The van der Waals surface area contributed by atoms with Gasteiger partial charge in [0.15, 0.2) is 0 Å². The molecule has 0 radical (unpaired) electrons. The standard InChI is InChI=1S/C17H26N2O2/c1-3-18-13-15-8-10-19(11-9-15)17(20)12-14-4-6-16(21-2)7-5-14/h4-7,15,18H,3,8-13H2,1-2H3. The van der Waals surface area contributed by atoms with Gasteiger partial charge in [0.1, 0.15) is 5.75 Å². The number of likely N-dealkylation sites (tertiary alicyclic amines) is 1. The second-order valence-electron chi connectivity index (χ2n) is 5.66. The highest BCUT2D eigenvalue weighted by atomic mass is 16.5. The van der Waals surface area contributed by atoms with E-state index >= 15 is 0 Å². The van der Waals surface area contributed by atoms with Crippen LogP contribution in [0.2, 0.25) is 0 Å². The summed E-state index contributed by atoms with van der Waals surface area (Å²) in [7, 11) is 1.65. The fourth-order valence-corrected chi connectivity index (χ4v) is 2.76. The molecule has 1 aliphatic heterocycles. The monoisotopic (exact) mass is 290 g/mol. The van der Waals surface area contributed by atoms with Gasteiger partial charge in [-0.3, -0.25) is 4.79 Å². The average molecular weight is 290 g/mol. The minimum atomic E-state index is 0.238. The number of carbonyl (C=O) groups is 1. The summed E-state index contributed by atoms with van der Waals surface area (Å²) in [5.74, 6) is 1.78. The molecule has 0 saturated carbocycles. The van der Waals surface area contributed by atoms with Crippen LogP contribution in [0, 0.1) is 5.92 Å². The van der Waals surface area contributed by atoms with Gasteiger partial charge in [0, 0.05) is 13.1 Å². The SMILES string of the molecule is CCNCC1CCN(C(=O)Cc2ccc(OC)cc2)CC1. The number of methoxy groups -OCH3 is 1. The molecule has 0 spiro atoms. The highest BCUT2D eigenvalue weighted by Gasteiger charge is 2.22. The lowest BCUT2D eigenvalue weighted by atomic mass is 9.96. The van der Waals surface area contributed by atoms with Crippen molar-refractivity contribution in [3.8, 4) is 5.75 Å². The molecule has 1 aromatic carbocycles. The molecule has 1 aromatic rings. The molecule has 4 nitrogen and oxygen atoms in total. The Kier molecular flexibility index (Phi) is 6.05. The molecule has 4 heteroatoms. The number of ether oxygens (including phenoxy) is 1. The van der Waals surface area contributed by atoms with Gasteiger partial charge in [-0.1, -0.05) is 19.1 Å². The number of hydrogen-bond acceptors (Lipinski definition) is 3. The largest absolute Gasteiger partial charge is 0.497 e. The van der Waals surface area contributed by atoms with Crippen molar-refractivity contribution in [2.24, 2.45) is 5.92 Å². The first-order valence-corrected chi connectivity index (χ1v) is 7.84. The maximum absolute atomic E-state index is 12.3. The van der Waals surface area contributed by atoms with Gasteiger partial charge in [-0.05, 0) is 49.5 Å². The summed E-state index contributed by atoms with van der Waals surface area (Å²) in [5, 5.41) is 3.40. The molecule has 0 aliphatic carbocycles. The second kappa shape index (κ2) is 8.03. The van der Waals surface area contributed by atoms with Crippen LogP contribution in [0.4, 0.5) is 0 Å². The molecular formula is C17H26N2O2. The van der Waals surface area contributed by atoms with Crippen LogP contribution in [0.5, 0.6) is 5.75 Å². The Morgan fingerprint density at radius 2 is 1.95 bits per heavy atom. The number of carbonyl (C=O) groups excluding carboxylic acids is 1. The molecule has 1 saturated heterocycles. The van der Waals surface area contributed by atoms with Gasteiger partial charge in [-0.2, -0.15) is 0 Å². The number of nitrogens with zero attached hydrogens (tertiary/aromatic N) is 1. The van der Waals surface area contributed by atoms with Gasteiger partial charge in [0.05, 0.1) is 13.5 Å². The van der Waals surface area contributed by atoms with Crippen molar-refractivity contribution < 1.29 is 9.53 Å². The van der Waals surface area contributed by atoms with Crippen LogP contribution in [0.1, 0.15) is 25.3 Å².